The Balaban J connectivity index is 2.41. The third-order valence-electron chi connectivity index (χ3n) is 2.25. The van der Waals surface area contributed by atoms with Crippen molar-refractivity contribution in [1.82, 2.24) is 14.5 Å². The summed E-state index contributed by atoms with van der Waals surface area (Å²) in [5.74, 6) is 0.352. The average Bonchev–Trinajstić information content (AvgIpc) is 2.81. The maximum atomic E-state index is 11.4. The largest absolute Gasteiger partial charge is 0.465 e. The minimum Gasteiger partial charge on any atom is -0.465 e. The van der Waals surface area contributed by atoms with Crippen LogP contribution in [0.25, 0.3) is 5.82 Å². The number of ether oxygens (including phenoxy) is 1. The summed E-state index contributed by atoms with van der Waals surface area (Å²) >= 11 is 0. The Morgan fingerprint density at radius 3 is 2.81 bits per heavy atom. The van der Waals surface area contributed by atoms with E-state index in [0.29, 0.717) is 11.3 Å². The van der Waals surface area contributed by atoms with E-state index >= 15 is 0 Å². The minimum absolute atomic E-state index is 0.373. The molecule has 0 aliphatic carbocycles. The van der Waals surface area contributed by atoms with Crippen LogP contribution in [0.2, 0.25) is 0 Å². The molecule has 5 heteroatoms. The van der Waals surface area contributed by atoms with Crippen molar-refractivity contribution in [2.75, 3.05) is 7.11 Å². The summed E-state index contributed by atoms with van der Waals surface area (Å²) in [5, 5.41) is 0. The second-order valence-corrected chi connectivity index (χ2v) is 3.26. The molecule has 5 nitrogen and oxygen atoms in total. The number of nitrogens with zero attached hydrogens (tertiary/aromatic N) is 3. The van der Waals surface area contributed by atoms with Gasteiger partial charge in [0.05, 0.1) is 18.4 Å². The van der Waals surface area contributed by atoms with Crippen LogP contribution in [0.3, 0.4) is 0 Å². The molecule has 0 aliphatic heterocycles. The molecule has 0 atom stereocenters. The first-order valence-electron chi connectivity index (χ1n) is 4.76. The molecule has 0 unspecified atom stereocenters. The fourth-order valence-corrected chi connectivity index (χ4v) is 1.41. The highest BCUT2D eigenvalue weighted by atomic mass is 16.5. The van der Waals surface area contributed by atoms with Crippen molar-refractivity contribution in [3.05, 3.63) is 42.1 Å². The van der Waals surface area contributed by atoms with Crippen molar-refractivity contribution in [3.63, 3.8) is 0 Å². The lowest BCUT2D eigenvalue weighted by Gasteiger charge is -2.06. The molecule has 0 saturated heterocycles. The first-order chi connectivity index (χ1) is 7.72. The third kappa shape index (κ3) is 1.79. The van der Waals surface area contributed by atoms with Crippen molar-refractivity contribution >= 4 is 5.97 Å². The Morgan fingerprint density at radius 2 is 2.25 bits per heavy atom. The maximum absolute atomic E-state index is 11.4. The van der Waals surface area contributed by atoms with Gasteiger partial charge in [0.15, 0.2) is 0 Å². The van der Waals surface area contributed by atoms with Gasteiger partial charge in [-0.05, 0) is 19.1 Å². The number of carbonyl (C=O) groups excluding carboxylic acids is 1. The molecule has 2 rings (SSSR count). The standard InChI is InChI=1S/C11H11N3O2/c1-8-9(11(15)16-2)3-4-10(13-8)14-6-5-12-7-14/h3-7H,1-2H3. The fourth-order valence-electron chi connectivity index (χ4n) is 1.41. The van der Waals surface area contributed by atoms with E-state index in [9.17, 15) is 4.79 Å². The second kappa shape index (κ2) is 4.14. The summed E-state index contributed by atoms with van der Waals surface area (Å²) in [7, 11) is 1.35. The molecule has 0 radical (unpaired) electrons. The number of imidazole rings is 1. The third-order valence-corrected chi connectivity index (χ3v) is 2.25. The van der Waals surface area contributed by atoms with Crippen molar-refractivity contribution < 1.29 is 9.53 Å². The lowest BCUT2D eigenvalue weighted by Crippen LogP contribution is -2.07. The van der Waals surface area contributed by atoms with Gasteiger partial charge in [-0.25, -0.2) is 14.8 Å². The monoisotopic (exact) mass is 217 g/mol. The van der Waals surface area contributed by atoms with Gasteiger partial charge in [-0.2, -0.15) is 0 Å². The Labute approximate surface area is 92.7 Å². The molecule has 0 N–H and O–H groups in total. The molecule has 0 aromatic carbocycles. The van der Waals surface area contributed by atoms with Gasteiger partial charge < -0.3 is 4.74 Å². The first-order valence-corrected chi connectivity index (χ1v) is 4.76. The normalized spacial score (nSPS) is 10.1. The van der Waals surface area contributed by atoms with Gasteiger partial charge in [0.2, 0.25) is 0 Å². The lowest BCUT2D eigenvalue weighted by atomic mass is 10.2. The van der Waals surface area contributed by atoms with E-state index in [0.717, 1.165) is 5.82 Å². The average molecular weight is 217 g/mol. The molecule has 0 fully saturated rings. The van der Waals surface area contributed by atoms with Gasteiger partial charge in [-0.15, -0.1) is 0 Å². The van der Waals surface area contributed by atoms with E-state index in [1.807, 2.05) is 0 Å². The topological polar surface area (TPSA) is 57.0 Å². The number of rotatable bonds is 2. The van der Waals surface area contributed by atoms with Crippen molar-refractivity contribution in [2.45, 2.75) is 6.92 Å². The Morgan fingerprint density at radius 1 is 1.44 bits per heavy atom. The smallest absolute Gasteiger partial charge is 0.339 e. The fraction of sp³-hybridized carbons (Fsp3) is 0.182. The molecule has 0 amide bonds. The summed E-state index contributed by atoms with van der Waals surface area (Å²) in [6.45, 7) is 1.77. The number of aromatic nitrogens is 3. The number of methoxy groups -OCH3 is 1. The minimum atomic E-state index is -0.373. The Bertz CT molecular complexity index is 506. The van der Waals surface area contributed by atoms with Crippen molar-refractivity contribution in [2.24, 2.45) is 0 Å². The number of hydrogen-bond donors (Lipinski definition) is 0. The predicted molar refractivity (Wildman–Crippen MR) is 57.4 cm³/mol. The summed E-state index contributed by atoms with van der Waals surface area (Å²) in [6, 6.07) is 3.45. The number of hydrogen-bond acceptors (Lipinski definition) is 4. The summed E-state index contributed by atoms with van der Waals surface area (Å²) in [6.07, 6.45) is 5.12. The van der Waals surface area contributed by atoms with Gasteiger partial charge in [-0.3, -0.25) is 4.57 Å². The highest BCUT2D eigenvalue weighted by Gasteiger charge is 2.10. The highest BCUT2D eigenvalue weighted by Crippen LogP contribution is 2.11. The van der Waals surface area contributed by atoms with Crippen LogP contribution >= 0.6 is 0 Å². The molecule has 0 aliphatic rings. The molecule has 2 aromatic heterocycles. The molecule has 2 heterocycles. The van der Waals surface area contributed by atoms with E-state index in [1.165, 1.54) is 7.11 Å². The molecule has 0 spiro atoms. The first kappa shape index (κ1) is 10.4. The van der Waals surface area contributed by atoms with E-state index in [2.05, 4.69) is 14.7 Å². The van der Waals surface area contributed by atoms with Gasteiger partial charge in [-0.1, -0.05) is 0 Å². The van der Waals surface area contributed by atoms with Crippen LogP contribution in [0, 0.1) is 6.92 Å². The Hall–Kier alpha value is -2.17. The van der Waals surface area contributed by atoms with Crippen LogP contribution in [0.4, 0.5) is 0 Å². The van der Waals surface area contributed by atoms with Crippen LogP contribution in [0.1, 0.15) is 16.1 Å². The number of pyridine rings is 1. The molecule has 16 heavy (non-hydrogen) atoms. The Kier molecular flexibility index (Phi) is 2.68. The number of aryl methyl sites for hydroxylation is 1. The summed E-state index contributed by atoms with van der Waals surface area (Å²) < 4.78 is 6.42. The summed E-state index contributed by atoms with van der Waals surface area (Å²) in [5.41, 5.74) is 1.12. The number of carbonyl (C=O) groups is 1. The zero-order chi connectivity index (χ0) is 11.5. The van der Waals surface area contributed by atoms with Gasteiger partial charge in [0.1, 0.15) is 12.1 Å². The zero-order valence-corrected chi connectivity index (χ0v) is 9.04. The van der Waals surface area contributed by atoms with Crippen LogP contribution in [0.5, 0.6) is 0 Å². The quantitative estimate of drug-likeness (QED) is 0.713. The van der Waals surface area contributed by atoms with E-state index < -0.39 is 0 Å². The second-order valence-electron chi connectivity index (χ2n) is 3.26. The van der Waals surface area contributed by atoms with E-state index in [-0.39, 0.29) is 5.97 Å². The van der Waals surface area contributed by atoms with Gasteiger partial charge in [0.25, 0.3) is 0 Å². The lowest BCUT2D eigenvalue weighted by molar-refractivity contribution is 0.0599. The molecule has 82 valence electrons. The molecular formula is C11H11N3O2. The number of esters is 1. The molecular weight excluding hydrogens is 206 g/mol. The molecule has 2 aromatic rings. The van der Waals surface area contributed by atoms with Crippen LogP contribution in [-0.2, 0) is 4.74 Å². The van der Waals surface area contributed by atoms with Gasteiger partial charge in [0, 0.05) is 12.4 Å². The van der Waals surface area contributed by atoms with Crippen LogP contribution in [-0.4, -0.2) is 27.6 Å². The SMILES string of the molecule is COC(=O)c1ccc(-n2ccnc2)nc1C. The maximum Gasteiger partial charge on any atom is 0.339 e. The zero-order valence-electron chi connectivity index (χ0n) is 9.04. The highest BCUT2D eigenvalue weighted by molar-refractivity contribution is 5.90. The van der Waals surface area contributed by atoms with Crippen molar-refractivity contribution in [3.8, 4) is 5.82 Å². The van der Waals surface area contributed by atoms with Crippen LogP contribution < -0.4 is 0 Å². The van der Waals surface area contributed by atoms with Crippen LogP contribution in [0.15, 0.2) is 30.9 Å². The molecule has 0 saturated carbocycles. The molecule has 0 bridgehead atoms. The van der Waals surface area contributed by atoms with Gasteiger partial charge >= 0.3 is 5.97 Å². The van der Waals surface area contributed by atoms with E-state index in [4.69, 9.17) is 0 Å². The van der Waals surface area contributed by atoms with E-state index in [1.54, 1.807) is 42.3 Å². The van der Waals surface area contributed by atoms with Crippen molar-refractivity contribution in [1.29, 1.82) is 0 Å². The summed E-state index contributed by atoms with van der Waals surface area (Å²) in [4.78, 5) is 19.6. The predicted octanol–water partition coefficient (Wildman–Crippen LogP) is 1.36.